The summed E-state index contributed by atoms with van der Waals surface area (Å²) in [5.74, 6) is 0.0867. The van der Waals surface area contributed by atoms with E-state index in [4.69, 9.17) is 5.11 Å². The lowest BCUT2D eigenvalue weighted by molar-refractivity contribution is -0.117. The van der Waals surface area contributed by atoms with Crippen LogP contribution in [0.5, 0.6) is 0 Å². The molecule has 1 aromatic carbocycles. The number of carbonyl (C=O) groups is 1. The first-order valence-electron chi connectivity index (χ1n) is 8.55. The molecule has 2 atom stereocenters. The first kappa shape index (κ1) is 17.8. The highest BCUT2D eigenvalue weighted by molar-refractivity contribution is 7.11. The number of amides is 1. The van der Waals surface area contributed by atoms with Gasteiger partial charge >= 0.3 is 0 Å². The van der Waals surface area contributed by atoms with Gasteiger partial charge in [0.05, 0.1) is 6.61 Å². The molecule has 132 valence electrons. The van der Waals surface area contributed by atoms with E-state index in [0.29, 0.717) is 5.92 Å². The quantitative estimate of drug-likeness (QED) is 0.768. The topological polar surface area (TPSA) is 49.3 Å². The zero-order valence-electron chi connectivity index (χ0n) is 14.0. The monoisotopic (exact) mass is 359 g/mol. The molecule has 0 unspecified atom stereocenters. The van der Waals surface area contributed by atoms with Gasteiger partial charge in [-0.2, -0.15) is 0 Å². The molecule has 2 aromatic rings. The van der Waals surface area contributed by atoms with Crippen molar-refractivity contribution in [2.24, 2.45) is 5.92 Å². The van der Waals surface area contributed by atoms with Crippen LogP contribution >= 0.6 is 11.3 Å². The Morgan fingerprint density at radius 3 is 2.80 bits per heavy atom. The molecule has 1 aromatic heterocycles. The molecule has 0 radical (unpaired) electrons. The van der Waals surface area contributed by atoms with Gasteiger partial charge in [0.25, 0.3) is 0 Å². The van der Waals surface area contributed by atoms with Gasteiger partial charge in [0.15, 0.2) is 0 Å². The summed E-state index contributed by atoms with van der Waals surface area (Å²) in [6.07, 6.45) is 7.37. The van der Waals surface area contributed by atoms with Crippen molar-refractivity contribution in [3.05, 3.63) is 63.6 Å². The van der Waals surface area contributed by atoms with Crippen molar-refractivity contribution in [3.63, 3.8) is 0 Å². The van der Waals surface area contributed by atoms with Crippen LogP contribution in [-0.2, 0) is 17.8 Å². The Kier molecular flexibility index (Phi) is 6.00. The number of benzene rings is 1. The number of halogens is 1. The lowest BCUT2D eigenvalue weighted by atomic mass is 9.94. The van der Waals surface area contributed by atoms with E-state index in [1.807, 2.05) is 23.6 Å². The minimum Gasteiger partial charge on any atom is -0.392 e. The molecule has 1 aliphatic carbocycles. The predicted molar refractivity (Wildman–Crippen MR) is 98.7 cm³/mol. The van der Waals surface area contributed by atoms with E-state index in [-0.39, 0.29) is 24.4 Å². The predicted octanol–water partition coefficient (Wildman–Crippen LogP) is 3.92. The van der Waals surface area contributed by atoms with E-state index in [1.165, 1.54) is 23.5 Å². The van der Waals surface area contributed by atoms with Gasteiger partial charge in [-0.05, 0) is 66.0 Å². The number of hydrogen-bond acceptors (Lipinski definition) is 3. The zero-order valence-corrected chi connectivity index (χ0v) is 14.8. The van der Waals surface area contributed by atoms with Crippen molar-refractivity contribution in [1.82, 2.24) is 5.32 Å². The van der Waals surface area contributed by atoms with E-state index in [1.54, 1.807) is 12.2 Å². The van der Waals surface area contributed by atoms with Crippen molar-refractivity contribution in [2.45, 2.75) is 38.3 Å². The van der Waals surface area contributed by atoms with Gasteiger partial charge in [0, 0.05) is 17.0 Å². The van der Waals surface area contributed by atoms with Gasteiger partial charge in [0.1, 0.15) is 5.82 Å². The summed E-state index contributed by atoms with van der Waals surface area (Å²) >= 11 is 1.50. The Hall–Kier alpha value is -1.98. The Morgan fingerprint density at radius 2 is 2.08 bits per heavy atom. The van der Waals surface area contributed by atoms with Crippen LogP contribution in [0.2, 0.25) is 0 Å². The lowest BCUT2D eigenvalue weighted by Crippen LogP contribution is -2.37. The van der Waals surface area contributed by atoms with Crippen LogP contribution in [0.25, 0.3) is 6.08 Å². The molecule has 3 nitrogen and oxygen atoms in total. The van der Waals surface area contributed by atoms with Crippen LogP contribution in [0.15, 0.2) is 41.8 Å². The lowest BCUT2D eigenvalue weighted by Gasteiger charge is -2.20. The van der Waals surface area contributed by atoms with E-state index < -0.39 is 0 Å². The van der Waals surface area contributed by atoms with Crippen molar-refractivity contribution >= 4 is 23.3 Å². The number of aliphatic hydroxyl groups is 1. The van der Waals surface area contributed by atoms with Crippen LogP contribution in [-0.4, -0.2) is 17.1 Å². The molecule has 1 fully saturated rings. The van der Waals surface area contributed by atoms with Gasteiger partial charge in [-0.1, -0.05) is 18.6 Å². The molecule has 1 heterocycles. The number of thiophene rings is 1. The molecule has 25 heavy (non-hydrogen) atoms. The average molecular weight is 359 g/mol. The minimum absolute atomic E-state index is 0.0175. The van der Waals surface area contributed by atoms with Crippen LogP contribution < -0.4 is 5.32 Å². The summed E-state index contributed by atoms with van der Waals surface area (Å²) in [5, 5.41) is 14.1. The number of nitrogens with one attached hydrogen (secondary N) is 1. The highest BCUT2D eigenvalue weighted by atomic mass is 32.1. The van der Waals surface area contributed by atoms with E-state index in [2.05, 4.69) is 5.32 Å². The highest BCUT2D eigenvalue weighted by Gasteiger charge is 2.28. The summed E-state index contributed by atoms with van der Waals surface area (Å²) in [6, 6.07) is 8.66. The second-order valence-corrected chi connectivity index (χ2v) is 7.43. The fourth-order valence-electron chi connectivity index (χ4n) is 3.35. The van der Waals surface area contributed by atoms with Gasteiger partial charge in [-0.25, -0.2) is 4.39 Å². The summed E-state index contributed by atoms with van der Waals surface area (Å²) in [4.78, 5) is 13.2. The van der Waals surface area contributed by atoms with Crippen LogP contribution in [0.3, 0.4) is 0 Å². The molecule has 1 amide bonds. The van der Waals surface area contributed by atoms with Crippen molar-refractivity contribution in [1.29, 1.82) is 0 Å². The number of rotatable bonds is 6. The molecular weight excluding hydrogens is 337 g/mol. The maximum absolute atomic E-state index is 13.0. The molecule has 5 heteroatoms. The van der Waals surface area contributed by atoms with E-state index in [9.17, 15) is 9.18 Å². The van der Waals surface area contributed by atoms with Crippen molar-refractivity contribution < 1.29 is 14.3 Å². The first-order valence-corrected chi connectivity index (χ1v) is 9.43. The first-order chi connectivity index (χ1) is 12.1. The van der Waals surface area contributed by atoms with Crippen molar-refractivity contribution in [2.75, 3.05) is 0 Å². The average Bonchev–Trinajstić information content (AvgIpc) is 3.24. The molecule has 0 saturated heterocycles. The largest absolute Gasteiger partial charge is 0.392 e. The van der Waals surface area contributed by atoms with Gasteiger partial charge in [-0.3, -0.25) is 4.79 Å². The van der Waals surface area contributed by atoms with Crippen LogP contribution in [0.4, 0.5) is 4.39 Å². The third-order valence-electron chi connectivity index (χ3n) is 4.65. The van der Waals surface area contributed by atoms with E-state index in [0.717, 1.165) is 41.7 Å². The second-order valence-electron chi connectivity index (χ2n) is 6.49. The molecule has 1 aliphatic rings. The normalized spacial score (nSPS) is 20.2. The third kappa shape index (κ3) is 5.00. The Balaban J connectivity index is 1.55. The fraction of sp³-hybridized carbons (Fsp3) is 0.350. The highest BCUT2D eigenvalue weighted by Crippen LogP contribution is 2.29. The second kappa shape index (κ2) is 8.41. The molecule has 0 spiro atoms. The van der Waals surface area contributed by atoms with Crippen LogP contribution in [0.1, 0.15) is 35.3 Å². The minimum atomic E-state index is -0.219. The molecule has 2 N–H and O–H groups in total. The van der Waals surface area contributed by atoms with E-state index >= 15 is 0 Å². The number of aliphatic hydroxyl groups excluding tert-OH is 1. The molecule has 1 saturated carbocycles. The Bertz CT molecular complexity index is 738. The molecule has 0 bridgehead atoms. The summed E-state index contributed by atoms with van der Waals surface area (Å²) in [6.45, 7) is 0.0175. The Labute approximate surface area is 151 Å². The van der Waals surface area contributed by atoms with Gasteiger partial charge < -0.3 is 10.4 Å². The Morgan fingerprint density at radius 1 is 1.28 bits per heavy atom. The number of hydrogen-bond donors (Lipinski definition) is 2. The summed E-state index contributed by atoms with van der Waals surface area (Å²) < 4.78 is 13.0. The standard InChI is InChI=1S/C20H22FNO2S/c21-17-6-4-14(5-7-17)10-16-2-1-3-19(16)22-20(24)9-8-18-11-15(12-23)13-25-18/h4-9,11,13,16,19,23H,1-3,10,12H2,(H,22,24)/t16-,19-/m0/s1. The molecule has 0 aliphatic heterocycles. The van der Waals surface area contributed by atoms with Crippen molar-refractivity contribution in [3.8, 4) is 0 Å². The summed E-state index contributed by atoms with van der Waals surface area (Å²) in [7, 11) is 0. The number of carbonyl (C=O) groups excluding carboxylic acids is 1. The van der Waals surface area contributed by atoms with Crippen LogP contribution in [0, 0.1) is 11.7 Å². The summed E-state index contributed by atoms with van der Waals surface area (Å²) in [5.41, 5.74) is 1.97. The molecule has 3 rings (SSSR count). The maximum Gasteiger partial charge on any atom is 0.244 e. The van der Waals surface area contributed by atoms with Gasteiger partial charge in [0.2, 0.25) is 5.91 Å². The zero-order chi connectivity index (χ0) is 17.6. The van der Waals surface area contributed by atoms with Gasteiger partial charge in [-0.15, -0.1) is 11.3 Å². The maximum atomic E-state index is 13.0. The molecular formula is C20H22FNO2S. The SMILES string of the molecule is O=C(C=Cc1cc(CO)cs1)N[C@H]1CCC[C@H]1Cc1ccc(F)cc1. The fourth-order valence-corrected chi connectivity index (χ4v) is 4.14. The third-order valence-corrected chi connectivity index (χ3v) is 5.60. The smallest absolute Gasteiger partial charge is 0.244 e.